The average molecular weight is 277 g/mol. The maximum atomic E-state index is 12.1. The van der Waals surface area contributed by atoms with Gasteiger partial charge in [-0.1, -0.05) is 19.9 Å². The number of likely N-dealkylation sites (N-methyl/N-ethyl adjacent to an activating group) is 1. The van der Waals surface area contributed by atoms with Gasteiger partial charge in [0, 0.05) is 0 Å². The van der Waals surface area contributed by atoms with Crippen LogP contribution in [0, 0.1) is 0 Å². The van der Waals surface area contributed by atoms with Crippen molar-refractivity contribution in [3.63, 3.8) is 0 Å². The summed E-state index contributed by atoms with van der Waals surface area (Å²) >= 11 is 0. The van der Waals surface area contributed by atoms with Crippen LogP contribution >= 0.6 is 0 Å². The molecule has 0 saturated carbocycles. The highest BCUT2D eigenvalue weighted by molar-refractivity contribution is 5.82. The van der Waals surface area contributed by atoms with Crippen LogP contribution in [0.4, 0.5) is 0 Å². The predicted octanol–water partition coefficient (Wildman–Crippen LogP) is 2.65. The Morgan fingerprint density at radius 3 is 2.65 bits per heavy atom. The van der Waals surface area contributed by atoms with Crippen LogP contribution in [0.25, 0.3) is 0 Å². The number of benzene rings is 1. The molecule has 0 amide bonds. The molecule has 0 saturated heterocycles. The van der Waals surface area contributed by atoms with E-state index >= 15 is 0 Å². The van der Waals surface area contributed by atoms with Crippen LogP contribution in [0.5, 0.6) is 5.75 Å². The van der Waals surface area contributed by atoms with E-state index in [0.29, 0.717) is 6.42 Å². The minimum atomic E-state index is -0.886. The first-order valence-electron chi connectivity index (χ1n) is 7.26. The summed E-state index contributed by atoms with van der Waals surface area (Å²) < 4.78 is 5.26. The van der Waals surface area contributed by atoms with Gasteiger partial charge in [-0.25, -0.2) is 4.79 Å². The van der Waals surface area contributed by atoms with Crippen LogP contribution in [-0.2, 0) is 16.8 Å². The smallest absolute Gasteiger partial charge is 0.328 e. The van der Waals surface area contributed by atoms with Crippen molar-refractivity contribution < 1.29 is 14.6 Å². The molecule has 0 bridgehead atoms. The quantitative estimate of drug-likeness (QED) is 0.899. The number of methoxy groups -OCH3 is 1. The summed E-state index contributed by atoms with van der Waals surface area (Å²) in [7, 11) is 1.64. The number of hydrogen-bond acceptors (Lipinski definition) is 3. The summed E-state index contributed by atoms with van der Waals surface area (Å²) in [5.74, 6) is 0.0526. The molecule has 0 radical (unpaired) electrons. The molecular weight excluding hydrogens is 254 g/mol. The minimum Gasteiger partial charge on any atom is -0.497 e. The second-order valence-corrected chi connectivity index (χ2v) is 5.21. The maximum absolute atomic E-state index is 12.1. The number of carboxylic acid groups (broad SMARTS) is 1. The number of nitrogens with zero attached hydrogens (tertiary/aromatic N) is 1. The van der Waals surface area contributed by atoms with Crippen molar-refractivity contribution in [2.45, 2.75) is 38.6 Å². The summed E-state index contributed by atoms with van der Waals surface area (Å²) in [4.78, 5) is 14.1. The van der Waals surface area contributed by atoms with Crippen LogP contribution in [-0.4, -0.2) is 36.2 Å². The zero-order valence-corrected chi connectivity index (χ0v) is 12.5. The Kier molecular flexibility index (Phi) is 4.33. The third kappa shape index (κ3) is 2.18. The number of hydrogen-bond donors (Lipinski definition) is 1. The molecule has 1 aliphatic carbocycles. The predicted molar refractivity (Wildman–Crippen MR) is 78.2 cm³/mol. The monoisotopic (exact) mass is 277 g/mol. The Hall–Kier alpha value is -1.55. The highest BCUT2D eigenvalue weighted by Crippen LogP contribution is 2.41. The fraction of sp³-hybridized carbons (Fsp3) is 0.562. The number of fused-ring (bicyclic) bond motifs is 1. The van der Waals surface area contributed by atoms with E-state index in [-0.39, 0.29) is 0 Å². The standard InChI is InChI=1S/C16H23NO3/c1-4-17(5-2)16(15(18)19)10-6-7-12-11-13(20-3)8-9-14(12)16/h8-9,11H,4-7,10H2,1-3H3,(H,18,19). The van der Waals surface area contributed by atoms with Gasteiger partial charge in [0.2, 0.25) is 0 Å². The second-order valence-electron chi connectivity index (χ2n) is 5.21. The van der Waals surface area contributed by atoms with Gasteiger partial charge in [-0.05, 0) is 55.6 Å². The molecule has 4 nitrogen and oxygen atoms in total. The van der Waals surface area contributed by atoms with E-state index in [9.17, 15) is 9.90 Å². The molecule has 0 aromatic heterocycles. The van der Waals surface area contributed by atoms with Crippen LogP contribution in [0.3, 0.4) is 0 Å². The number of rotatable bonds is 5. The first-order chi connectivity index (χ1) is 9.59. The van der Waals surface area contributed by atoms with Crippen molar-refractivity contribution in [1.29, 1.82) is 0 Å². The molecule has 1 N–H and O–H groups in total. The molecule has 4 heteroatoms. The summed E-state index contributed by atoms with van der Waals surface area (Å²) in [5.41, 5.74) is 1.15. The van der Waals surface area contributed by atoms with E-state index in [4.69, 9.17) is 4.74 Å². The normalized spacial score (nSPS) is 21.6. The van der Waals surface area contributed by atoms with Gasteiger partial charge in [0.05, 0.1) is 7.11 Å². The lowest BCUT2D eigenvalue weighted by molar-refractivity contribution is -0.153. The highest BCUT2D eigenvalue weighted by Gasteiger charge is 2.47. The SMILES string of the molecule is CCN(CC)C1(C(=O)O)CCCc2cc(OC)ccc21. The fourth-order valence-corrected chi connectivity index (χ4v) is 3.43. The minimum absolute atomic E-state index is 0.670. The van der Waals surface area contributed by atoms with Gasteiger partial charge in [0.15, 0.2) is 0 Å². The molecule has 0 heterocycles. The van der Waals surface area contributed by atoms with Crippen LogP contribution in [0.15, 0.2) is 18.2 Å². The molecule has 2 rings (SSSR count). The lowest BCUT2D eigenvalue weighted by Crippen LogP contribution is -2.53. The van der Waals surface area contributed by atoms with Gasteiger partial charge < -0.3 is 9.84 Å². The lowest BCUT2D eigenvalue weighted by atomic mass is 9.75. The zero-order chi connectivity index (χ0) is 14.8. The molecule has 0 aliphatic heterocycles. The van der Waals surface area contributed by atoms with E-state index in [1.807, 2.05) is 32.0 Å². The number of aliphatic carboxylic acids is 1. The number of ether oxygens (including phenoxy) is 1. The zero-order valence-electron chi connectivity index (χ0n) is 12.5. The van der Waals surface area contributed by atoms with Crippen LogP contribution in [0.1, 0.15) is 37.8 Å². The highest BCUT2D eigenvalue weighted by atomic mass is 16.5. The van der Waals surface area contributed by atoms with Crippen molar-refractivity contribution in [3.8, 4) is 5.75 Å². The Morgan fingerprint density at radius 2 is 2.10 bits per heavy atom. The molecule has 1 unspecified atom stereocenters. The molecular formula is C16H23NO3. The van der Waals surface area contributed by atoms with E-state index in [0.717, 1.165) is 42.8 Å². The van der Waals surface area contributed by atoms with Crippen molar-refractivity contribution >= 4 is 5.97 Å². The van der Waals surface area contributed by atoms with Gasteiger partial charge in [-0.2, -0.15) is 0 Å². The van der Waals surface area contributed by atoms with E-state index in [1.54, 1.807) is 7.11 Å². The summed E-state index contributed by atoms with van der Waals surface area (Å²) in [5, 5.41) is 9.92. The lowest BCUT2D eigenvalue weighted by Gasteiger charge is -2.43. The molecule has 1 atom stereocenters. The Morgan fingerprint density at radius 1 is 1.40 bits per heavy atom. The van der Waals surface area contributed by atoms with Gasteiger partial charge in [-0.15, -0.1) is 0 Å². The fourth-order valence-electron chi connectivity index (χ4n) is 3.43. The largest absolute Gasteiger partial charge is 0.497 e. The van der Waals surface area contributed by atoms with Gasteiger partial charge >= 0.3 is 5.97 Å². The number of carbonyl (C=O) groups is 1. The summed E-state index contributed by atoms with van der Waals surface area (Å²) in [6.45, 7) is 5.50. The van der Waals surface area contributed by atoms with Crippen molar-refractivity contribution in [3.05, 3.63) is 29.3 Å². The van der Waals surface area contributed by atoms with Crippen molar-refractivity contribution in [2.75, 3.05) is 20.2 Å². The second kappa shape index (κ2) is 5.83. The molecule has 0 fully saturated rings. The van der Waals surface area contributed by atoms with Gasteiger partial charge in [0.1, 0.15) is 11.3 Å². The number of carboxylic acids is 1. The molecule has 1 aromatic rings. The van der Waals surface area contributed by atoms with Crippen molar-refractivity contribution in [1.82, 2.24) is 4.90 Å². The first kappa shape index (κ1) is 14.9. The Labute approximate surface area is 120 Å². The number of aryl methyl sites for hydroxylation is 1. The molecule has 110 valence electrons. The molecule has 1 aliphatic rings. The van der Waals surface area contributed by atoms with Crippen molar-refractivity contribution in [2.24, 2.45) is 0 Å². The molecule has 0 spiro atoms. The first-order valence-corrected chi connectivity index (χ1v) is 7.26. The van der Waals surface area contributed by atoms with Crippen LogP contribution in [0.2, 0.25) is 0 Å². The maximum Gasteiger partial charge on any atom is 0.328 e. The third-order valence-electron chi connectivity index (χ3n) is 4.40. The third-order valence-corrected chi connectivity index (χ3v) is 4.40. The van der Waals surface area contributed by atoms with Gasteiger partial charge in [-0.3, -0.25) is 4.90 Å². The van der Waals surface area contributed by atoms with E-state index in [1.165, 1.54) is 0 Å². The topological polar surface area (TPSA) is 49.8 Å². The van der Waals surface area contributed by atoms with Gasteiger partial charge in [0.25, 0.3) is 0 Å². The van der Waals surface area contributed by atoms with Crippen LogP contribution < -0.4 is 4.74 Å². The summed E-state index contributed by atoms with van der Waals surface area (Å²) in [6, 6.07) is 5.78. The average Bonchev–Trinajstić information content (AvgIpc) is 2.47. The summed E-state index contributed by atoms with van der Waals surface area (Å²) in [6.07, 6.45) is 2.48. The van der Waals surface area contributed by atoms with E-state index in [2.05, 4.69) is 4.90 Å². The van der Waals surface area contributed by atoms with E-state index < -0.39 is 11.5 Å². The Bertz CT molecular complexity index is 496. The molecule has 20 heavy (non-hydrogen) atoms. The molecule has 1 aromatic carbocycles. The Balaban J connectivity index is 2.59.